The molecule has 5 nitrogen and oxygen atoms in total. The SMILES string of the molecule is CC1CCN(C(=O)CSc2nc3c(c(=O)n2CCc2ccccc2)SC(C)C3)CC1. The van der Waals surface area contributed by atoms with Gasteiger partial charge in [0, 0.05) is 31.3 Å². The standard InChI is InChI=1S/C23H29N3O2S2/c1-16-8-11-25(12-9-16)20(27)15-29-23-24-19-14-17(2)30-21(19)22(28)26(23)13-10-18-6-4-3-5-7-18/h3-7,16-17H,8-15H2,1-2H3. The second kappa shape index (κ2) is 9.60. The Kier molecular flexibility index (Phi) is 6.88. The molecule has 0 aliphatic carbocycles. The first-order chi connectivity index (χ1) is 14.5. The third-order valence-corrected chi connectivity index (χ3v) is 8.07. The van der Waals surface area contributed by atoms with Crippen molar-refractivity contribution < 1.29 is 4.79 Å². The Morgan fingerprint density at radius 3 is 2.67 bits per heavy atom. The molecule has 7 heteroatoms. The van der Waals surface area contributed by atoms with Gasteiger partial charge in [-0.25, -0.2) is 4.98 Å². The predicted octanol–water partition coefficient (Wildman–Crippen LogP) is 3.87. The highest BCUT2D eigenvalue weighted by Crippen LogP contribution is 2.34. The summed E-state index contributed by atoms with van der Waals surface area (Å²) in [7, 11) is 0. The van der Waals surface area contributed by atoms with Crippen LogP contribution in [0.5, 0.6) is 0 Å². The lowest BCUT2D eigenvalue weighted by Crippen LogP contribution is -2.39. The zero-order valence-electron chi connectivity index (χ0n) is 17.7. The fourth-order valence-electron chi connectivity index (χ4n) is 4.00. The smallest absolute Gasteiger partial charge is 0.268 e. The Labute approximate surface area is 186 Å². The summed E-state index contributed by atoms with van der Waals surface area (Å²) >= 11 is 3.05. The third-order valence-electron chi connectivity index (χ3n) is 5.89. The predicted molar refractivity (Wildman–Crippen MR) is 123 cm³/mol. The van der Waals surface area contributed by atoms with Crippen LogP contribution in [0, 0.1) is 5.92 Å². The van der Waals surface area contributed by atoms with Gasteiger partial charge in [-0.2, -0.15) is 0 Å². The van der Waals surface area contributed by atoms with E-state index in [1.54, 1.807) is 16.3 Å². The summed E-state index contributed by atoms with van der Waals surface area (Å²) < 4.78 is 1.78. The van der Waals surface area contributed by atoms with Gasteiger partial charge in [0.1, 0.15) is 0 Å². The van der Waals surface area contributed by atoms with Gasteiger partial charge in [-0.15, -0.1) is 11.8 Å². The van der Waals surface area contributed by atoms with Crippen LogP contribution in [0.4, 0.5) is 0 Å². The van der Waals surface area contributed by atoms with Crippen LogP contribution in [-0.2, 0) is 24.2 Å². The van der Waals surface area contributed by atoms with Gasteiger partial charge in [-0.1, -0.05) is 55.9 Å². The van der Waals surface area contributed by atoms with Crippen LogP contribution < -0.4 is 5.56 Å². The van der Waals surface area contributed by atoms with Gasteiger partial charge in [-0.05, 0) is 30.7 Å². The van der Waals surface area contributed by atoms with Crippen molar-refractivity contribution in [1.82, 2.24) is 14.5 Å². The number of amides is 1. The number of rotatable bonds is 6. The number of hydrogen-bond acceptors (Lipinski definition) is 5. The van der Waals surface area contributed by atoms with Crippen molar-refractivity contribution in [3.8, 4) is 0 Å². The first kappa shape index (κ1) is 21.5. The molecule has 2 aliphatic rings. The van der Waals surface area contributed by atoms with Crippen molar-refractivity contribution in [2.24, 2.45) is 5.92 Å². The number of thioether (sulfide) groups is 2. The summed E-state index contributed by atoms with van der Waals surface area (Å²) in [5.41, 5.74) is 2.14. The van der Waals surface area contributed by atoms with E-state index in [1.807, 2.05) is 23.1 Å². The van der Waals surface area contributed by atoms with Crippen LogP contribution in [0.2, 0.25) is 0 Å². The molecule has 1 saturated heterocycles. The van der Waals surface area contributed by atoms with E-state index >= 15 is 0 Å². The quantitative estimate of drug-likeness (QED) is 0.501. The van der Waals surface area contributed by atoms with Crippen LogP contribution in [0.1, 0.15) is 37.9 Å². The van der Waals surface area contributed by atoms with Crippen molar-refractivity contribution in [2.45, 2.75) is 61.4 Å². The van der Waals surface area contributed by atoms with Crippen molar-refractivity contribution in [1.29, 1.82) is 0 Å². The number of piperidine rings is 1. The lowest BCUT2D eigenvalue weighted by molar-refractivity contribution is -0.129. The fraction of sp³-hybridized carbons (Fsp3) is 0.522. The topological polar surface area (TPSA) is 55.2 Å². The van der Waals surface area contributed by atoms with Gasteiger partial charge < -0.3 is 4.90 Å². The maximum Gasteiger partial charge on any atom is 0.268 e. The van der Waals surface area contributed by atoms with Crippen LogP contribution in [0.3, 0.4) is 0 Å². The molecule has 160 valence electrons. The average molecular weight is 444 g/mol. The number of carbonyl (C=O) groups excluding carboxylic acids is 1. The summed E-state index contributed by atoms with van der Waals surface area (Å²) in [4.78, 5) is 33.5. The molecule has 0 saturated carbocycles. The van der Waals surface area contributed by atoms with E-state index in [4.69, 9.17) is 4.98 Å². The number of aryl methyl sites for hydroxylation is 1. The Hall–Kier alpha value is -1.73. The van der Waals surface area contributed by atoms with Crippen LogP contribution in [0.15, 0.2) is 45.2 Å². The van der Waals surface area contributed by atoms with E-state index in [9.17, 15) is 9.59 Å². The molecule has 1 amide bonds. The van der Waals surface area contributed by atoms with Crippen molar-refractivity contribution in [3.05, 3.63) is 51.9 Å². The van der Waals surface area contributed by atoms with Gasteiger partial charge in [-0.3, -0.25) is 14.2 Å². The minimum atomic E-state index is 0.0482. The number of carbonyl (C=O) groups is 1. The summed E-state index contributed by atoms with van der Waals surface area (Å²) in [6, 6.07) is 10.2. The zero-order chi connectivity index (χ0) is 21.1. The molecule has 3 heterocycles. The first-order valence-electron chi connectivity index (χ1n) is 10.8. The third kappa shape index (κ3) is 4.94. The number of fused-ring (bicyclic) bond motifs is 1. The molecule has 0 spiro atoms. The zero-order valence-corrected chi connectivity index (χ0v) is 19.3. The van der Waals surface area contributed by atoms with E-state index in [-0.39, 0.29) is 11.5 Å². The summed E-state index contributed by atoms with van der Waals surface area (Å²) in [5.74, 6) is 1.19. The average Bonchev–Trinajstić information content (AvgIpc) is 3.13. The molecule has 30 heavy (non-hydrogen) atoms. The van der Waals surface area contributed by atoms with Crippen molar-refractivity contribution in [2.75, 3.05) is 18.8 Å². The fourth-order valence-corrected chi connectivity index (χ4v) is 6.06. The maximum atomic E-state index is 13.2. The minimum Gasteiger partial charge on any atom is -0.342 e. The minimum absolute atomic E-state index is 0.0482. The van der Waals surface area contributed by atoms with Gasteiger partial charge in [0.2, 0.25) is 5.91 Å². The summed E-state index contributed by atoms with van der Waals surface area (Å²) in [6.45, 7) is 6.64. The molecular weight excluding hydrogens is 414 g/mol. The highest BCUT2D eigenvalue weighted by atomic mass is 32.2. The van der Waals surface area contributed by atoms with E-state index in [2.05, 4.69) is 26.0 Å². The summed E-state index contributed by atoms with van der Waals surface area (Å²) in [6.07, 6.45) is 3.74. The van der Waals surface area contributed by atoms with Crippen molar-refractivity contribution >= 4 is 29.4 Å². The molecule has 1 unspecified atom stereocenters. The van der Waals surface area contributed by atoms with Gasteiger partial charge >= 0.3 is 0 Å². The van der Waals surface area contributed by atoms with Crippen LogP contribution in [0.25, 0.3) is 0 Å². The van der Waals surface area contributed by atoms with Gasteiger partial charge in [0.15, 0.2) is 5.16 Å². The van der Waals surface area contributed by atoms with E-state index in [0.29, 0.717) is 28.6 Å². The van der Waals surface area contributed by atoms with Crippen LogP contribution in [-0.4, -0.2) is 44.5 Å². The number of hydrogen-bond donors (Lipinski definition) is 0. The second-order valence-corrected chi connectivity index (χ2v) is 10.7. The Morgan fingerprint density at radius 2 is 1.93 bits per heavy atom. The molecule has 0 radical (unpaired) electrons. The molecular formula is C23H29N3O2S2. The van der Waals surface area contributed by atoms with E-state index in [0.717, 1.165) is 49.4 Å². The molecule has 1 atom stereocenters. The van der Waals surface area contributed by atoms with Gasteiger partial charge in [0.25, 0.3) is 5.56 Å². The molecule has 1 fully saturated rings. The highest BCUT2D eigenvalue weighted by Gasteiger charge is 2.27. The number of benzene rings is 1. The Morgan fingerprint density at radius 1 is 1.20 bits per heavy atom. The molecule has 1 aromatic heterocycles. The summed E-state index contributed by atoms with van der Waals surface area (Å²) in [5, 5.41) is 1.06. The monoisotopic (exact) mass is 443 g/mol. The van der Waals surface area contributed by atoms with Crippen LogP contribution >= 0.6 is 23.5 Å². The molecule has 0 bridgehead atoms. The highest BCUT2D eigenvalue weighted by molar-refractivity contribution is 8.00. The maximum absolute atomic E-state index is 13.2. The lowest BCUT2D eigenvalue weighted by Gasteiger charge is -2.30. The molecule has 0 N–H and O–H groups in total. The molecule has 4 rings (SSSR count). The van der Waals surface area contributed by atoms with Gasteiger partial charge in [0.05, 0.1) is 16.3 Å². The first-order valence-corrected chi connectivity index (χ1v) is 12.6. The Bertz CT molecular complexity index is 953. The lowest BCUT2D eigenvalue weighted by atomic mass is 9.99. The number of likely N-dealkylation sites (tertiary alicyclic amines) is 1. The largest absolute Gasteiger partial charge is 0.342 e. The molecule has 2 aromatic rings. The number of aromatic nitrogens is 2. The van der Waals surface area contributed by atoms with E-state index < -0.39 is 0 Å². The normalized spacial score (nSPS) is 19.1. The Balaban J connectivity index is 1.52. The molecule has 1 aromatic carbocycles. The van der Waals surface area contributed by atoms with Crippen molar-refractivity contribution in [3.63, 3.8) is 0 Å². The molecule has 2 aliphatic heterocycles. The van der Waals surface area contributed by atoms with E-state index in [1.165, 1.54) is 17.3 Å². The second-order valence-electron chi connectivity index (χ2n) is 8.35. The number of nitrogens with zero attached hydrogens (tertiary/aromatic N) is 3.